The van der Waals surface area contributed by atoms with Crippen molar-refractivity contribution in [3.8, 4) is 0 Å². The van der Waals surface area contributed by atoms with Gasteiger partial charge >= 0.3 is 11.9 Å². The lowest BCUT2D eigenvalue weighted by molar-refractivity contribution is -0.149. The van der Waals surface area contributed by atoms with Crippen LogP contribution in [0.5, 0.6) is 0 Å². The SMILES string of the molecule is CCOC(=O)C1=C(CN2CCS(=O)CC2)NC(c2nc(C(C)(C)C(=O)OCC)cs2)=NC1c1ccc(Cl)cc1Cl. The topological polar surface area (TPSA) is 110 Å². The van der Waals surface area contributed by atoms with E-state index < -0.39 is 28.2 Å². The fourth-order valence-electron chi connectivity index (χ4n) is 4.37. The third-order valence-electron chi connectivity index (χ3n) is 6.66. The van der Waals surface area contributed by atoms with Crippen LogP contribution in [-0.4, -0.2) is 76.2 Å². The highest BCUT2D eigenvalue weighted by molar-refractivity contribution is 7.85. The molecule has 1 atom stereocenters. The maximum atomic E-state index is 13.4. The van der Waals surface area contributed by atoms with Crippen molar-refractivity contribution in [1.29, 1.82) is 0 Å². The molecule has 9 nitrogen and oxygen atoms in total. The van der Waals surface area contributed by atoms with E-state index in [0.717, 1.165) is 0 Å². The van der Waals surface area contributed by atoms with Gasteiger partial charge in [-0.1, -0.05) is 29.3 Å². The monoisotopic (exact) mass is 626 g/mol. The van der Waals surface area contributed by atoms with E-state index >= 15 is 0 Å². The van der Waals surface area contributed by atoms with Crippen LogP contribution >= 0.6 is 34.5 Å². The number of carbonyl (C=O) groups excluding carboxylic acids is 2. The molecule has 2 aromatic rings. The lowest BCUT2D eigenvalue weighted by atomic mass is 9.90. The number of aliphatic imine (C=N–C) groups is 1. The second-order valence-electron chi connectivity index (χ2n) is 9.79. The Morgan fingerprint density at radius 1 is 1.18 bits per heavy atom. The Balaban J connectivity index is 1.80. The Hall–Kier alpha value is -2.31. The number of ether oxygens (including phenoxy) is 2. The molecule has 1 saturated heterocycles. The van der Waals surface area contributed by atoms with Crippen LogP contribution in [0.25, 0.3) is 0 Å². The molecular weight excluding hydrogens is 595 g/mol. The minimum atomic E-state index is -0.961. The minimum Gasteiger partial charge on any atom is -0.465 e. The van der Waals surface area contributed by atoms with E-state index in [2.05, 4.69) is 10.2 Å². The molecule has 0 radical (unpaired) electrons. The number of rotatable bonds is 9. The van der Waals surface area contributed by atoms with E-state index in [1.807, 2.05) is 5.38 Å². The summed E-state index contributed by atoms with van der Waals surface area (Å²) in [7, 11) is -0.848. The Kier molecular flexibility index (Phi) is 10.0. The second-order valence-corrected chi connectivity index (χ2v) is 13.2. The van der Waals surface area contributed by atoms with Gasteiger partial charge in [0.2, 0.25) is 0 Å². The minimum absolute atomic E-state index is 0.189. The lowest BCUT2D eigenvalue weighted by Crippen LogP contribution is -2.44. The molecule has 1 aromatic carbocycles. The van der Waals surface area contributed by atoms with Gasteiger partial charge in [0, 0.05) is 68.6 Å². The van der Waals surface area contributed by atoms with Crippen molar-refractivity contribution in [1.82, 2.24) is 15.2 Å². The third-order valence-corrected chi connectivity index (χ3v) is 9.35. The molecule has 40 heavy (non-hydrogen) atoms. The van der Waals surface area contributed by atoms with Gasteiger partial charge in [-0.2, -0.15) is 0 Å². The molecule has 1 N–H and O–H groups in total. The summed E-state index contributed by atoms with van der Waals surface area (Å²) in [5, 5.41) is 6.52. The van der Waals surface area contributed by atoms with Crippen LogP contribution < -0.4 is 5.32 Å². The number of thiazole rings is 1. The van der Waals surface area contributed by atoms with Gasteiger partial charge < -0.3 is 14.8 Å². The van der Waals surface area contributed by atoms with Gasteiger partial charge in [0.25, 0.3) is 0 Å². The van der Waals surface area contributed by atoms with Gasteiger partial charge in [0.05, 0.1) is 24.5 Å². The summed E-state index contributed by atoms with van der Waals surface area (Å²) in [5.74, 6) is 0.690. The van der Waals surface area contributed by atoms with Crippen molar-refractivity contribution < 1.29 is 23.3 Å². The predicted octanol–water partition coefficient (Wildman–Crippen LogP) is 4.26. The largest absolute Gasteiger partial charge is 0.465 e. The van der Waals surface area contributed by atoms with Crippen LogP contribution in [0.1, 0.15) is 50.0 Å². The Morgan fingerprint density at radius 3 is 2.52 bits per heavy atom. The molecule has 3 heterocycles. The normalized spacial score (nSPS) is 18.8. The maximum absolute atomic E-state index is 13.4. The Labute approximate surface area is 250 Å². The van der Waals surface area contributed by atoms with Crippen molar-refractivity contribution in [2.45, 2.75) is 39.2 Å². The number of amidine groups is 1. The van der Waals surface area contributed by atoms with Gasteiger partial charge in [-0.25, -0.2) is 9.78 Å². The molecule has 216 valence electrons. The zero-order valence-electron chi connectivity index (χ0n) is 22.8. The first-order chi connectivity index (χ1) is 19.0. The Morgan fingerprint density at radius 2 is 1.88 bits per heavy atom. The molecule has 0 aliphatic carbocycles. The number of nitrogens with one attached hydrogen (secondary N) is 1. The number of nitrogens with zero attached hydrogens (tertiary/aromatic N) is 3. The van der Waals surface area contributed by atoms with Crippen molar-refractivity contribution in [3.05, 3.63) is 61.2 Å². The predicted molar refractivity (Wildman–Crippen MR) is 159 cm³/mol. The quantitative estimate of drug-likeness (QED) is 0.411. The zero-order valence-corrected chi connectivity index (χ0v) is 25.9. The van der Waals surface area contributed by atoms with Gasteiger partial charge in [0.1, 0.15) is 11.5 Å². The fourth-order valence-corrected chi connectivity index (χ4v) is 6.95. The van der Waals surface area contributed by atoms with Crippen LogP contribution in [-0.2, 0) is 35.3 Å². The zero-order chi connectivity index (χ0) is 29.0. The van der Waals surface area contributed by atoms with Crippen LogP contribution in [0.3, 0.4) is 0 Å². The van der Waals surface area contributed by atoms with Crippen molar-refractivity contribution >= 4 is 63.1 Å². The summed E-state index contributed by atoms with van der Waals surface area (Å²) in [4.78, 5) is 37.8. The highest BCUT2D eigenvalue weighted by Gasteiger charge is 2.37. The van der Waals surface area contributed by atoms with E-state index in [4.69, 9.17) is 42.7 Å². The third kappa shape index (κ3) is 6.76. The van der Waals surface area contributed by atoms with Gasteiger partial charge in [-0.3, -0.25) is 18.9 Å². The summed E-state index contributed by atoms with van der Waals surface area (Å²) in [6.45, 7) is 9.14. The van der Waals surface area contributed by atoms with E-state index in [9.17, 15) is 13.8 Å². The molecular formula is C27H32Cl2N4O5S2. The number of hydrogen-bond donors (Lipinski definition) is 1. The second kappa shape index (κ2) is 13.1. The van der Waals surface area contributed by atoms with E-state index in [1.165, 1.54) is 11.3 Å². The summed E-state index contributed by atoms with van der Waals surface area (Å²) in [5.41, 5.74) is 1.13. The number of aromatic nitrogens is 1. The van der Waals surface area contributed by atoms with Crippen LogP contribution in [0.15, 0.2) is 39.8 Å². The first-order valence-electron chi connectivity index (χ1n) is 13.0. The lowest BCUT2D eigenvalue weighted by Gasteiger charge is -2.32. The maximum Gasteiger partial charge on any atom is 0.338 e. The first-order valence-corrected chi connectivity index (χ1v) is 16.1. The summed E-state index contributed by atoms with van der Waals surface area (Å²) in [6.07, 6.45) is 0. The van der Waals surface area contributed by atoms with Crippen LogP contribution in [0, 0.1) is 0 Å². The number of esters is 2. The molecule has 1 unspecified atom stereocenters. The highest BCUT2D eigenvalue weighted by Crippen LogP contribution is 2.38. The van der Waals surface area contributed by atoms with E-state index in [-0.39, 0.29) is 19.2 Å². The van der Waals surface area contributed by atoms with E-state index in [0.29, 0.717) is 74.6 Å². The summed E-state index contributed by atoms with van der Waals surface area (Å²) in [6, 6.07) is 4.27. The molecule has 1 aromatic heterocycles. The molecule has 0 bridgehead atoms. The number of carbonyl (C=O) groups is 2. The number of hydrogen-bond acceptors (Lipinski definition) is 10. The van der Waals surface area contributed by atoms with Crippen LogP contribution in [0.4, 0.5) is 0 Å². The molecule has 1 fully saturated rings. The standard InChI is InChI=1S/C27H32Cl2N4O5S2/c1-5-37-25(34)21-19(14-33-9-11-40(36)12-10-33)30-23(32-22(21)17-8-7-16(28)13-18(17)29)24-31-20(15-39-24)27(3,4)26(35)38-6-2/h7-8,13,15,22H,5-6,9-12,14H2,1-4H3,(H,30,32). The molecule has 0 saturated carbocycles. The van der Waals surface area contributed by atoms with Crippen molar-refractivity contribution in [2.75, 3.05) is 44.4 Å². The molecule has 0 amide bonds. The average Bonchev–Trinajstić information content (AvgIpc) is 3.41. The van der Waals surface area contributed by atoms with Crippen molar-refractivity contribution in [2.24, 2.45) is 4.99 Å². The molecule has 13 heteroatoms. The van der Waals surface area contributed by atoms with Gasteiger partial charge in [-0.05, 0) is 39.8 Å². The molecule has 2 aliphatic rings. The highest BCUT2D eigenvalue weighted by atomic mass is 35.5. The Bertz CT molecular complexity index is 1360. The van der Waals surface area contributed by atoms with Crippen LogP contribution in [0.2, 0.25) is 10.0 Å². The fraction of sp³-hybridized carbons (Fsp3) is 0.481. The molecule has 0 spiro atoms. The van der Waals surface area contributed by atoms with Gasteiger partial charge in [-0.15, -0.1) is 11.3 Å². The van der Waals surface area contributed by atoms with Crippen molar-refractivity contribution in [3.63, 3.8) is 0 Å². The first kappa shape index (κ1) is 30.6. The number of benzene rings is 1. The van der Waals surface area contributed by atoms with Gasteiger partial charge in [0.15, 0.2) is 10.8 Å². The summed E-state index contributed by atoms with van der Waals surface area (Å²) < 4.78 is 22.7. The summed E-state index contributed by atoms with van der Waals surface area (Å²) >= 11 is 14.1. The number of halogens is 2. The average molecular weight is 628 g/mol. The smallest absolute Gasteiger partial charge is 0.338 e. The molecule has 2 aliphatic heterocycles. The van der Waals surface area contributed by atoms with E-state index in [1.54, 1.807) is 45.9 Å². The molecule has 4 rings (SSSR count).